The average molecular weight is 282 g/mol. The number of nitrogens with two attached hydrogens (primary N) is 1. The molecule has 1 atom stereocenters. The maximum absolute atomic E-state index is 11.6. The Bertz CT molecular complexity index is 312. The van der Waals surface area contributed by atoms with Gasteiger partial charge < -0.3 is 15.8 Å². The molecule has 2 fully saturated rings. The number of hydrogen-bond donors (Lipinski definition) is 2. The molecular weight excluding hydrogens is 252 g/mol. The van der Waals surface area contributed by atoms with Crippen molar-refractivity contribution in [2.24, 2.45) is 11.7 Å². The minimum absolute atomic E-state index is 0.239. The van der Waals surface area contributed by atoms with E-state index in [-0.39, 0.29) is 5.91 Å². The summed E-state index contributed by atoms with van der Waals surface area (Å²) in [5, 5.41) is 3.38. The van der Waals surface area contributed by atoms with Crippen LogP contribution in [0.2, 0.25) is 0 Å². The minimum Gasteiger partial charge on any atom is -0.381 e. The van der Waals surface area contributed by atoms with Crippen LogP contribution in [0.1, 0.15) is 64.7 Å². The summed E-state index contributed by atoms with van der Waals surface area (Å²) in [4.78, 5) is 11.6. The normalized spacial score (nSPS) is 23.4. The van der Waals surface area contributed by atoms with E-state index in [4.69, 9.17) is 10.5 Å². The topological polar surface area (TPSA) is 64.3 Å². The lowest BCUT2D eigenvalue weighted by Gasteiger charge is -2.28. The molecule has 0 heterocycles. The molecule has 0 aromatic carbocycles. The molecule has 0 spiro atoms. The lowest BCUT2D eigenvalue weighted by Crippen LogP contribution is -2.54. The fourth-order valence-corrected chi connectivity index (χ4v) is 3.08. The van der Waals surface area contributed by atoms with Crippen molar-refractivity contribution < 1.29 is 9.53 Å². The van der Waals surface area contributed by atoms with Crippen molar-refractivity contribution in [1.82, 2.24) is 5.32 Å². The van der Waals surface area contributed by atoms with Crippen LogP contribution in [0.3, 0.4) is 0 Å². The number of rotatable bonds is 9. The average Bonchev–Trinajstić information content (AvgIpc) is 3.23. The van der Waals surface area contributed by atoms with Gasteiger partial charge >= 0.3 is 0 Å². The second kappa shape index (κ2) is 7.41. The molecule has 2 saturated carbocycles. The van der Waals surface area contributed by atoms with Gasteiger partial charge in [-0.3, -0.25) is 4.79 Å². The van der Waals surface area contributed by atoms with Crippen molar-refractivity contribution in [1.29, 1.82) is 0 Å². The molecule has 4 nitrogen and oxygen atoms in total. The smallest absolute Gasteiger partial charge is 0.237 e. The van der Waals surface area contributed by atoms with Gasteiger partial charge in [-0.05, 0) is 51.4 Å². The molecule has 2 aliphatic rings. The molecule has 0 aliphatic heterocycles. The van der Waals surface area contributed by atoms with E-state index in [2.05, 4.69) is 5.32 Å². The van der Waals surface area contributed by atoms with Crippen molar-refractivity contribution in [3.63, 3.8) is 0 Å². The van der Waals surface area contributed by atoms with E-state index in [1.165, 1.54) is 44.9 Å². The highest BCUT2D eigenvalue weighted by molar-refractivity contribution is 5.84. The maximum Gasteiger partial charge on any atom is 0.237 e. The SMILES string of the molecule is CC(CCCOCC1CCCCC1)(NC1CC1)C(N)=O. The van der Waals surface area contributed by atoms with E-state index in [9.17, 15) is 4.79 Å². The van der Waals surface area contributed by atoms with Gasteiger partial charge in [0.2, 0.25) is 5.91 Å². The Morgan fingerprint density at radius 1 is 1.25 bits per heavy atom. The fraction of sp³-hybridized carbons (Fsp3) is 0.938. The number of carbonyl (C=O) groups is 1. The van der Waals surface area contributed by atoms with Crippen LogP contribution in [0.15, 0.2) is 0 Å². The van der Waals surface area contributed by atoms with Crippen LogP contribution in [-0.2, 0) is 9.53 Å². The third-order valence-corrected chi connectivity index (χ3v) is 4.69. The van der Waals surface area contributed by atoms with Gasteiger partial charge in [0.25, 0.3) is 0 Å². The summed E-state index contributed by atoms with van der Waals surface area (Å²) in [5.74, 6) is 0.521. The van der Waals surface area contributed by atoms with Crippen LogP contribution < -0.4 is 11.1 Å². The lowest BCUT2D eigenvalue weighted by atomic mass is 9.90. The largest absolute Gasteiger partial charge is 0.381 e. The lowest BCUT2D eigenvalue weighted by molar-refractivity contribution is -0.124. The second-order valence-electron chi connectivity index (χ2n) is 6.80. The van der Waals surface area contributed by atoms with Gasteiger partial charge in [0, 0.05) is 19.3 Å². The Labute approximate surface area is 122 Å². The van der Waals surface area contributed by atoms with Crippen molar-refractivity contribution in [3.8, 4) is 0 Å². The summed E-state index contributed by atoms with van der Waals surface area (Å²) >= 11 is 0. The molecule has 0 aromatic rings. The standard InChI is InChI=1S/C16H30N2O2/c1-16(15(17)19,18-14-8-9-14)10-5-11-20-12-13-6-3-2-4-7-13/h13-14,18H,2-12H2,1H3,(H2,17,19). The first-order valence-electron chi connectivity index (χ1n) is 8.25. The van der Waals surface area contributed by atoms with E-state index in [0.717, 1.165) is 32.0 Å². The van der Waals surface area contributed by atoms with Crippen LogP contribution in [0.4, 0.5) is 0 Å². The molecule has 3 N–H and O–H groups in total. The Kier molecular flexibility index (Phi) is 5.85. The molecule has 20 heavy (non-hydrogen) atoms. The minimum atomic E-state index is -0.560. The van der Waals surface area contributed by atoms with Crippen LogP contribution in [-0.4, -0.2) is 30.7 Å². The number of hydrogen-bond acceptors (Lipinski definition) is 3. The van der Waals surface area contributed by atoms with Gasteiger partial charge in [-0.2, -0.15) is 0 Å². The zero-order chi connectivity index (χ0) is 14.4. The molecule has 2 rings (SSSR count). The molecule has 4 heteroatoms. The summed E-state index contributed by atoms with van der Waals surface area (Å²) in [6.45, 7) is 3.56. The first-order chi connectivity index (χ1) is 9.60. The molecule has 0 bridgehead atoms. The molecule has 0 saturated heterocycles. The van der Waals surface area contributed by atoms with Gasteiger partial charge in [-0.25, -0.2) is 0 Å². The Hall–Kier alpha value is -0.610. The fourth-order valence-electron chi connectivity index (χ4n) is 3.08. The van der Waals surface area contributed by atoms with E-state index in [1.54, 1.807) is 0 Å². The molecular formula is C16H30N2O2. The highest BCUT2D eigenvalue weighted by Gasteiger charge is 2.36. The van der Waals surface area contributed by atoms with E-state index < -0.39 is 5.54 Å². The number of carbonyl (C=O) groups excluding carboxylic acids is 1. The quantitative estimate of drug-likeness (QED) is 0.638. The summed E-state index contributed by atoms with van der Waals surface area (Å²) in [7, 11) is 0. The number of nitrogens with one attached hydrogen (secondary N) is 1. The van der Waals surface area contributed by atoms with Crippen LogP contribution in [0, 0.1) is 5.92 Å². The molecule has 2 aliphatic carbocycles. The highest BCUT2D eigenvalue weighted by Crippen LogP contribution is 2.25. The Balaban J connectivity index is 1.59. The first-order valence-corrected chi connectivity index (χ1v) is 8.25. The summed E-state index contributed by atoms with van der Waals surface area (Å²) in [6, 6.07) is 0.496. The Morgan fingerprint density at radius 2 is 1.95 bits per heavy atom. The predicted molar refractivity (Wildman–Crippen MR) is 80.4 cm³/mol. The van der Waals surface area contributed by atoms with Crippen LogP contribution >= 0.6 is 0 Å². The number of amides is 1. The summed E-state index contributed by atoms with van der Waals surface area (Å²) < 4.78 is 5.79. The van der Waals surface area contributed by atoms with E-state index in [1.807, 2.05) is 6.92 Å². The zero-order valence-electron chi connectivity index (χ0n) is 12.8. The molecule has 1 unspecified atom stereocenters. The van der Waals surface area contributed by atoms with E-state index in [0.29, 0.717) is 6.04 Å². The molecule has 0 radical (unpaired) electrons. The summed E-state index contributed by atoms with van der Waals surface area (Å²) in [5.41, 5.74) is 4.98. The summed E-state index contributed by atoms with van der Waals surface area (Å²) in [6.07, 6.45) is 10.8. The van der Waals surface area contributed by atoms with Gasteiger partial charge in [0.1, 0.15) is 0 Å². The van der Waals surface area contributed by atoms with E-state index >= 15 is 0 Å². The van der Waals surface area contributed by atoms with Crippen molar-refractivity contribution in [3.05, 3.63) is 0 Å². The van der Waals surface area contributed by atoms with Gasteiger partial charge in [-0.1, -0.05) is 19.3 Å². The molecule has 0 aromatic heterocycles. The zero-order valence-corrected chi connectivity index (χ0v) is 12.8. The van der Waals surface area contributed by atoms with Crippen LogP contribution in [0.25, 0.3) is 0 Å². The second-order valence-corrected chi connectivity index (χ2v) is 6.80. The number of ether oxygens (including phenoxy) is 1. The molecule has 1 amide bonds. The third kappa shape index (κ3) is 5.06. The van der Waals surface area contributed by atoms with Crippen LogP contribution in [0.5, 0.6) is 0 Å². The molecule has 116 valence electrons. The van der Waals surface area contributed by atoms with Crippen molar-refractivity contribution in [2.45, 2.75) is 76.3 Å². The number of primary amides is 1. The monoisotopic (exact) mass is 282 g/mol. The highest BCUT2D eigenvalue weighted by atomic mass is 16.5. The first kappa shape index (κ1) is 15.8. The van der Waals surface area contributed by atoms with Crippen molar-refractivity contribution >= 4 is 5.91 Å². The van der Waals surface area contributed by atoms with Crippen molar-refractivity contribution in [2.75, 3.05) is 13.2 Å². The van der Waals surface area contributed by atoms with Gasteiger partial charge in [0.05, 0.1) is 5.54 Å². The third-order valence-electron chi connectivity index (χ3n) is 4.69. The Morgan fingerprint density at radius 3 is 2.55 bits per heavy atom. The maximum atomic E-state index is 11.6. The van der Waals surface area contributed by atoms with Gasteiger partial charge in [0.15, 0.2) is 0 Å². The van der Waals surface area contributed by atoms with Gasteiger partial charge in [-0.15, -0.1) is 0 Å². The predicted octanol–water partition coefficient (Wildman–Crippen LogP) is 2.36.